The van der Waals surface area contributed by atoms with Gasteiger partial charge in [0, 0.05) is 23.5 Å². The van der Waals surface area contributed by atoms with E-state index in [1.54, 1.807) is 10.4 Å². The van der Waals surface area contributed by atoms with E-state index in [1.165, 1.54) is 45.3 Å². The highest BCUT2D eigenvalue weighted by Crippen LogP contribution is 2.40. The van der Waals surface area contributed by atoms with Crippen LogP contribution < -0.4 is 5.32 Å². The van der Waals surface area contributed by atoms with E-state index >= 15 is 0 Å². The number of hydrogen-bond donors (Lipinski definition) is 1. The zero-order chi connectivity index (χ0) is 13.3. The van der Waals surface area contributed by atoms with Gasteiger partial charge in [-0.15, -0.1) is 11.3 Å². The first kappa shape index (κ1) is 13.6. The van der Waals surface area contributed by atoms with E-state index < -0.39 is 0 Å². The van der Waals surface area contributed by atoms with Crippen LogP contribution in [0.3, 0.4) is 0 Å². The van der Waals surface area contributed by atoms with E-state index in [1.807, 2.05) is 11.3 Å². The van der Waals surface area contributed by atoms with Crippen molar-refractivity contribution in [1.82, 2.24) is 10.2 Å². The van der Waals surface area contributed by atoms with Crippen molar-refractivity contribution in [3.05, 3.63) is 21.9 Å². The number of nitrogens with zero attached hydrogens (tertiary/aromatic N) is 1. The Labute approximate surface area is 121 Å². The second-order valence-corrected chi connectivity index (χ2v) is 7.41. The second kappa shape index (κ2) is 5.55. The highest BCUT2D eigenvalue weighted by molar-refractivity contribution is 7.10. The van der Waals surface area contributed by atoms with Gasteiger partial charge in [-0.1, -0.05) is 6.92 Å². The predicted octanol–water partition coefficient (Wildman–Crippen LogP) is 3.27. The Bertz CT molecular complexity index is 424. The minimum atomic E-state index is 0.361. The molecule has 2 heterocycles. The summed E-state index contributed by atoms with van der Waals surface area (Å²) in [5, 5.41) is 6.07. The molecule has 1 N–H and O–H groups in total. The third kappa shape index (κ3) is 3.04. The molecular formula is C16H26N2S. The van der Waals surface area contributed by atoms with Crippen molar-refractivity contribution in [2.75, 3.05) is 19.6 Å². The summed E-state index contributed by atoms with van der Waals surface area (Å²) in [6.45, 7) is 9.52. The van der Waals surface area contributed by atoms with Gasteiger partial charge in [-0.3, -0.25) is 4.90 Å². The second-order valence-electron chi connectivity index (χ2n) is 6.41. The Morgan fingerprint density at radius 1 is 1.47 bits per heavy atom. The summed E-state index contributed by atoms with van der Waals surface area (Å²) < 4.78 is 0. The van der Waals surface area contributed by atoms with E-state index in [0.29, 0.717) is 5.54 Å². The summed E-state index contributed by atoms with van der Waals surface area (Å²) in [4.78, 5) is 4.27. The van der Waals surface area contributed by atoms with Crippen LogP contribution in [0.25, 0.3) is 0 Å². The van der Waals surface area contributed by atoms with Gasteiger partial charge in [-0.2, -0.15) is 0 Å². The molecule has 1 aromatic rings. The molecule has 0 aromatic carbocycles. The van der Waals surface area contributed by atoms with Crippen molar-refractivity contribution < 1.29 is 0 Å². The molecule has 1 unspecified atom stereocenters. The zero-order valence-electron chi connectivity index (χ0n) is 12.2. The fourth-order valence-electron chi connectivity index (χ4n) is 3.43. The summed E-state index contributed by atoms with van der Waals surface area (Å²) in [6.07, 6.45) is 5.31. The Balaban J connectivity index is 1.69. The molecule has 2 aliphatic rings. The maximum atomic E-state index is 3.82. The Hall–Kier alpha value is -0.380. The first-order chi connectivity index (χ1) is 9.21. The lowest BCUT2D eigenvalue weighted by molar-refractivity contribution is 0.196. The molecule has 106 valence electrons. The van der Waals surface area contributed by atoms with Crippen LogP contribution in [0.1, 0.15) is 43.6 Å². The van der Waals surface area contributed by atoms with Crippen molar-refractivity contribution >= 4 is 11.3 Å². The van der Waals surface area contributed by atoms with Crippen molar-refractivity contribution in [3.8, 4) is 0 Å². The normalized spacial score (nSPS) is 29.4. The van der Waals surface area contributed by atoms with Gasteiger partial charge in [-0.05, 0) is 68.6 Å². The topological polar surface area (TPSA) is 15.3 Å². The molecule has 3 heteroatoms. The van der Waals surface area contributed by atoms with Gasteiger partial charge in [-0.25, -0.2) is 0 Å². The van der Waals surface area contributed by atoms with Crippen molar-refractivity contribution in [2.45, 2.75) is 51.6 Å². The number of aryl methyl sites for hydroxylation is 1. The average molecular weight is 278 g/mol. The third-order valence-electron chi connectivity index (χ3n) is 4.80. The molecule has 1 aliphatic carbocycles. The molecule has 1 atom stereocenters. The van der Waals surface area contributed by atoms with Crippen molar-refractivity contribution in [1.29, 1.82) is 0 Å². The molecule has 19 heavy (non-hydrogen) atoms. The summed E-state index contributed by atoms with van der Waals surface area (Å²) in [6, 6.07) is 2.30. The summed E-state index contributed by atoms with van der Waals surface area (Å²) in [7, 11) is 0. The van der Waals surface area contributed by atoms with Gasteiger partial charge in [0.15, 0.2) is 0 Å². The van der Waals surface area contributed by atoms with Crippen LogP contribution in [0.4, 0.5) is 0 Å². The lowest BCUT2D eigenvalue weighted by Gasteiger charge is -2.34. The molecule has 3 rings (SSSR count). The Kier molecular flexibility index (Phi) is 3.97. The van der Waals surface area contributed by atoms with Crippen LogP contribution in [-0.4, -0.2) is 30.1 Å². The van der Waals surface area contributed by atoms with Crippen LogP contribution >= 0.6 is 11.3 Å². The molecule has 0 bridgehead atoms. The van der Waals surface area contributed by atoms with Gasteiger partial charge in [0.1, 0.15) is 0 Å². The quantitative estimate of drug-likeness (QED) is 0.909. The first-order valence-corrected chi connectivity index (χ1v) is 8.62. The van der Waals surface area contributed by atoms with E-state index in [-0.39, 0.29) is 0 Å². The molecule has 0 amide bonds. The maximum Gasteiger partial charge on any atom is 0.0331 e. The number of nitrogens with one attached hydrogen (secondary N) is 1. The maximum absolute atomic E-state index is 3.82. The van der Waals surface area contributed by atoms with E-state index in [4.69, 9.17) is 0 Å². The van der Waals surface area contributed by atoms with Crippen LogP contribution in [0.15, 0.2) is 11.4 Å². The Morgan fingerprint density at radius 3 is 3.05 bits per heavy atom. The molecule has 1 aliphatic heterocycles. The highest BCUT2D eigenvalue weighted by atomic mass is 32.1. The van der Waals surface area contributed by atoms with Crippen molar-refractivity contribution in [3.63, 3.8) is 0 Å². The standard InChI is InChI=1S/C16H26N2S/c1-3-13-7-10-19-15(13)11-18-9-4-8-17-16(2,12-18)14-5-6-14/h7,10,14,17H,3-6,8-9,11-12H2,1-2H3. The smallest absolute Gasteiger partial charge is 0.0331 e. The molecule has 2 nitrogen and oxygen atoms in total. The van der Waals surface area contributed by atoms with Gasteiger partial charge >= 0.3 is 0 Å². The molecule has 0 radical (unpaired) electrons. The SMILES string of the molecule is CCc1ccsc1CN1CCCNC(C)(C2CC2)C1. The lowest BCUT2D eigenvalue weighted by Crippen LogP contribution is -2.50. The van der Waals surface area contributed by atoms with Crippen LogP contribution in [-0.2, 0) is 13.0 Å². The fourth-order valence-corrected chi connectivity index (χ4v) is 4.45. The molecule has 1 aromatic heterocycles. The van der Waals surface area contributed by atoms with E-state index in [2.05, 4.69) is 35.5 Å². The van der Waals surface area contributed by atoms with Crippen LogP contribution in [0.2, 0.25) is 0 Å². The third-order valence-corrected chi connectivity index (χ3v) is 5.74. The monoisotopic (exact) mass is 278 g/mol. The average Bonchev–Trinajstić information content (AvgIpc) is 3.18. The lowest BCUT2D eigenvalue weighted by atomic mass is 9.95. The fraction of sp³-hybridized carbons (Fsp3) is 0.750. The number of rotatable bonds is 4. The molecule has 1 saturated heterocycles. The first-order valence-electron chi connectivity index (χ1n) is 7.74. The number of thiophene rings is 1. The zero-order valence-corrected chi connectivity index (χ0v) is 13.1. The largest absolute Gasteiger partial charge is 0.310 e. The van der Waals surface area contributed by atoms with Crippen LogP contribution in [0.5, 0.6) is 0 Å². The highest BCUT2D eigenvalue weighted by Gasteiger charge is 2.42. The molecule has 0 spiro atoms. The summed E-state index contributed by atoms with van der Waals surface area (Å²) in [5.74, 6) is 0.919. The molecular weight excluding hydrogens is 252 g/mol. The van der Waals surface area contributed by atoms with Crippen molar-refractivity contribution in [2.24, 2.45) is 5.92 Å². The molecule has 2 fully saturated rings. The van der Waals surface area contributed by atoms with Gasteiger partial charge in [0.25, 0.3) is 0 Å². The minimum absolute atomic E-state index is 0.361. The van der Waals surface area contributed by atoms with Crippen LogP contribution in [0, 0.1) is 5.92 Å². The molecule has 1 saturated carbocycles. The van der Waals surface area contributed by atoms with E-state index in [0.717, 1.165) is 12.5 Å². The number of hydrogen-bond acceptors (Lipinski definition) is 3. The van der Waals surface area contributed by atoms with E-state index in [9.17, 15) is 0 Å². The van der Waals surface area contributed by atoms with Gasteiger partial charge in [0.05, 0.1) is 0 Å². The summed E-state index contributed by atoms with van der Waals surface area (Å²) in [5.41, 5.74) is 1.91. The Morgan fingerprint density at radius 2 is 2.32 bits per heavy atom. The minimum Gasteiger partial charge on any atom is -0.310 e. The predicted molar refractivity (Wildman–Crippen MR) is 82.7 cm³/mol. The summed E-state index contributed by atoms with van der Waals surface area (Å²) >= 11 is 1.94. The van der Waals surface area contributed by atoms with Gasteiger partial charge in [0.2, 0.25) is 0 Å². The van der Waals surface area contributed by atoms with Gasteiger partial charge < -0.3 is 5.32 Å².